The highest BCUT2D eigenvalue weighted by atomic mass is 16.4. The topological polar surface area (TPSA) is 57.5 Å². The van der Waals surface area contributed by atoms with Gasteiger partial charge in [0.2, 0.25) is 0 Å². The Morgan fingerprint density at radius 2 is 1.75 bits per heavy atom. The zero-order chi connectivity index (χ0) is 11.5. The van der Waals surface area contributed by atoms with Crippen molar-refractivity contribution in [3.63, 3.8) is 0 Å². The maximum atomic E-state index is 10.6. The molecule has 1 aromatic carbocycles. The van der Waals surface area contributed by atoms with Crippen LogP contribution in [0.4, 0.5) is 0 Å². The van der Waals surface area contributed by atoms with Crippen LogP contribution in [0.5, 0.6) is 5.75 Å². The molecule has 0 bridgehead atoms. The van der Waals surface area contributed by atoms with Gasteiger partial charge in [-0.15, -0.1) is 0 Å². The van der Waals surface area contributed by atoms with Gasteiger partial charge >= 0.3 is 5.97 Å². The summed E-state index contributed by atoms with van der Waals surface area (Å²) in [6.07, 6.45) is 5.43. The molecule has 0 fully saturated rings. The summed E-state index contributed by atoms with van der Waals surface area (Å²) in [5, 5.41) is 18.5. The first kappa shape index (κ1) is 11.0. The second kappa shape index (κ2) is 4.56. The van der Waals surface area contributed by atoms with Gasteiger partial charge in [-0.1, -0.05) is 12.5 Å². The van der Waals surface area contributed by atoms with Gasteiger partial charge in [0.1, 0.15) is 5.75 Å². The molecular formula is C13H16O3. The third-order valence-electron chi connectivity index (χ3n) is 3.13. The van der Waals surface area contributed by atoms with Crippen molar-refractivity contribution in [2.75, 3.05) is 0 Å². The molecule has 86 valence electrons. The van der Waals surface area contributed by atoms with Crippen LogP contribution in [0.3, 0.4) is 0 Å². The van der Waals surface area contributed by atoms with Crippen LogP contribution in [0.2, 0.25) is 0 Å². The lowest BCUT2D eigenvalue weighted by Crippen LogP contribution is -2.02. The molecule has 0 saturated carbocycles. The Morgan fingerprint density at radius 1 is 1.12 bits per heavy atom. The lowest BCUT2D eigenvalue weighted by Gasteiger charge is -2.10. The summed E-state index contributed by atoms with van der Waals surface area (Å²) in [5.74, 6) is -0.771. The molecule has 2 rings (SSSR count). The normalized spacial score (nSPS) is 15.2. The molecule has 0 amide bonds. The fraction of sp³-hybridized carbons (Fsp3) is 0.462. The molecule has 1 aliphatic rings. The van der Waals surface area contributed by atoms with Crippen molar-refractivity contribution in [3.05, 3.63) is 28.8 Å². The van der Waals surface area contributed by atoms with Crippen molar-refractivity contribution in [1.82, 2.24) is 0 Å². The molecule has 0 aliphatic heterocycles. The number of benzene rings is 1. The van der Waals surface area contributed by atoms with Crippen LogP contribution in [0.15, 0.2) is 12.1 Å². The van der Waals surface area contributed by atoms with Crippen LogP contribution in [-0.4, -0.2) is 16.2 Å². The number of phenols is 1. The van der Waals surface area contributed by atoms with Gasteiger partial charge in [-0.05, 0) is 42.9 Å². The fourth-order valence-corrected chi connectivity index (χ4v) is 2.31. The molecule has 0 radical (unpaired) electrons. The number of hydrogen-bond acceptors (Lipinski definition) is 2. The number of hydrogen-bond donors (Lipinski definition) is 2. The Morgan fingerprint density at radius 3 is 2.38 bits per heavy atom. The summed E-state index contributed by atoms with van der Waals surface area (Å²) >= 11 is 0. The molecule has 0 unspecified atom stereocenters. The quantitative estimate of drug-likeness (QED) is 0.752. The zero-order valence-electron chi connectivity index (χ0n) is 9.20. The smallest absolute Gasteiger partial charge is 0.307 e. The summed E-state index contributed by atoms with van der Waals surface area (Å²) in [4.78, 5) is 10.6. The molecule has 0 spiro atoms. The van der Waals surface area contributed by atoms with Gasteiger partial charge in [0.15, 0.2) is 0 Å². The number of carbonyl (C=O) groups is 1. The zero-order valence-corrected chi connectivity index (χ0v) is 9.20. The number of aromatic hydroxyl groups is 1. The average Bonchev–Trinajstić information content (AvgIpc) is 2.42. The van der Waals surface area contributed by atoms with E-state index in [4.69, 9.17) is 5.11 Å². The largest absolute Gasteiger partial charge is 0.508 e. The van der Waals surface area contributed by atoms with Crippen molar-refractivity contribution in [1.29, 1.82) is 0 Å². The number of aliphatic carboxylic acids is 1. The van der Waals surface area contributed by atoms with Crippen LogP contribution >= 0.6 is 0 Å². The minimum absolute atomic E-state index is 0.0981. The van der Waals surface area contributed by atoms with Crippen LogP contribution in [0.1, 0.15) is 36.0 Å². The summed E-state index contributed by atoms with van der Waals surface area (Å²) < 4.78 is 0. The molecular weight excluding hydrogens is 204 g/mol. The first-order chi connectivity index (χ1) is 7.66. The third-order valence-corrected chi connectivity index (χ3v) is 3.13. The summed E-state index contributed by atoms with van der Waals surface area (Å²) in [6, 6.07) is 3.61. The highest BCUT2D eigenvalue weighted by Crippen LogP contribution is 2.28. The van der Waals surface area contributed by atoms with Crippen LogP contribution in [0, 0.1) is 0 Å². The van der Waals surface area contributed by atoms with E-state index in [0.717, 1.165) is 25.7 Å². The van der Waals surface area contributed by atoms with Gasteiger partial charge < -0.3 is 10.2 Å². The molecule has 3 heteroatoms. The van der Waals surface area contributed by atoms with E-state index in [2.05, 4.69) is 0 Å². The third kappa shape index (κ3) is 2.35. The van der Waals surface area contributed by atoms with Crippen molar-refractivity contribution in [3.8, 4) is 5.75 Å². The van der Waals surface area contributed by atoms with E-state index in [-0.39, 0.29) is 12.2 Å². The Bertz CT molecular complexity index is 410. The fourth-order valence-electron chi connectivity index (χ4n) is 2.31. The SMILES string of the molecule is O=C(O)Cc1cc2c(cc1O)CCCCC2. The molecule has 0 heterocycles. The van der Waals surface area contributed by atoms with Crippen molar-refractivity contribution in [2.45, 2.75) is 38.5 Å². The first-order valence-corrected chi connectivity index (χ1v) is 5.72. The molecule has 1 aliphatic carbocycles. The van der Waals surface area contributed by atoms with Crippen LogP contribution in [-0.2, 0) is 24.1 Å². The molecule has 3 nitrogen and oxygen atoms in total. The van der Waals surface area contributed by atoms with E-state index < -0.39 is 5.97 Å². The van der Waals surface area contributed by atoms with E-state index in [1.165, 1.54) is 17.5 Å². The summed E-state index contributed by atoms with van der Waals surface area (Å²) in [6.45, 7) is 0. The Labute approximate surface area is 94.7 Å². The van der Waals surface area contributed by atoms with Crippen molar-refractivity contribution < 1.29 is 15.0 Å². The highest BCUT2D eigenvalue weighted by Gasteiger charge is 2.13. The molecule has 16 heavy (non-hydrogen) atoms. The van der Waals surface area contributed by atoms with E-state index in [9.17, 15) is 9.90 Å². The molecule has 0 saturated heterocycles. The second-order valence-electron chi connectivity index (χ2n) is 4.38. The van der Waals surface area contributed by atoms with E-state index in [1.54, 1.807) is 6.07 Å². The Hall–Kier alpha value is -1.51. The number of carboxylic acids is 1. The Kier molecular flexibility index (Phi) is 3.13. The number of fused-ring (bicyclic) bond motifs is 1. The van der Waals surface area contributed by atoms with Gasteiger partial charge in [-0.25, -0.2) is 0 Å². The van der Waals surface area contributed by atoms with Gasteiger partial charge in [0.25, 0.3) is 0 Å². The van der Waals surface area contributed by atoms with Crippen LogP contribution in [0.25, 0.3) is 0 Å². The first-order valence-electron chi connectivity index (χ1n) is 5.72. The predicted molar refractivity (Wildman–Crippen MR) is 60.7 cm³/mol. The molecule has 2 N–H and O–H groups in total. The minimum Gasteiger partial charge on any atom is -0.508 e. The van der Waals surface area contributed by atoms with Gasteiger partial charge in [0, 0.05) is 5.56 Å². The predicted octanol–water partition coefficient (Wildman–Crippen LogP) is 2.29. The number of rotatable bonds is 2. The maximum absolute atomic E-state index is 10.6. The maximum Gasteiger partial charge on any atom is 0.307 e. The number of carboxylic acid groups (broad SMARTS) is 1. The van der Waals surface area contributed by atoms with Crippen molar-refractivity contribution >= 4 is 5.97 Å². The summed E-state index contributed by atoms with van der Waals surface area (Å²) in [5.41, 5.74) is 2.93. The summed E-state index contributed by atoms with van der Waals surface area (Å²) in [7, 11) is 0. The monoisotopic (exact) mass is 220 g/mol. The van der Waals surface area contributed by atoms with E-state index in [1.807, 2.05) is 6.07 Å². The Balaban J connectivity index is 2.34. The standard InChI is InChI=1S/C13H16O3/c14-12-7-10-5-3-1-2-4-9(10)6-11(12)8-13(15)16/h6-7,14H,1-5,8H2,(H,15,16). The lowest BCUT2D eigenvalue weighted by molar-refractivity contribution is -0.136. The van der Waals surface area contributed by atoms with E-state index >= 15 is 0 Å². The van der Waals surface area contributed by atoms with Gasteiger partial charge in [-0.2, -0.15) is 0 Å². The van der Waals surface area contributed by atoms with Crippen molar-refractivity contribution in [2.24, 2.45) is 0 Å². The molecule has 0 atom stereocenters. The van der Waals surface area contributed by atoms with E-state index in [0.29, 0.717) is 5.56 Å². The lowest BCUT2D eigenvalue weighted by atomic mass is 9.98. The molecule has 0 aromatic heterocycles. The average molecular weight is 220 g/mol. The van der Waals surface area contributed by atoms with Gasteiger partial charge in [0.05, 0.1) is 6.42 Å². The molecule has 1 aromatic rings. The second-order valence-corrected chi connectivity index (χ2v) is 4.38. The van der Waals surface area contributed by atoms with Crippen LogP contribution < -0.4 is 0 Å². The highest BCUT2D eigenvalue weighted by molar-refractivity contribution is 5.71. The number of phenolic OH excluding ortho intramolecular Hbond substituents is 1. The minimum atomic E-state index is -0.899. The van der Waals surface area contributed by atoms with Gasteiger partial charge in [-0.3, -0.25) is 4.79 Å². The number of aryl methyl sites for hydroxylation is 2.